The Morgan fingerprint density at radius 3 is 2.59 bits per heavy atom. The Labute approximate surface area is 255 Å². The molecule has 0 aromatic heterocycles. The van der Waals surface area contributed by atoms with Crippen molar-refractivity contribution in [3.05, 3.63) is 71.0 Å². The van der Waals surface area contributed by atoms with Crippen molar-refractivity contribution in [1.29, 1.82) is 0 Å². The highest BCUT2D eigenvalue weighted by molar-refractivity contribution is 5.90. The van der Waals surface area contributed by atoms with Crippen LogP contribution in [0.5, 0.6) is 11.5 Å². The van der Waals surface area contributed by atoms with Gasteiger partial charge in [-0.2, -0.15) is 0 Å². The van der Waals surface area contributed by atoms with Gasteiger partial charge in [0.15, 0.2) is 23.7 Å². The number of nitrogens with one attached hydrogen (secondary N) is 1. The first kappa shape index (κ1) is 30.1. The number of hydrogen-bond acceptors (Lipinski definition) is 10. The number of rotatable bonds is 7. The van der Waals surface area contributed by atoms with Crippen LogP contribution in [0.3, 0.4) is 0 Å². The molecule has 2 aromatic carbocycles. The number of amides is 1. The van der Waals surface area contributed by atoms with Crippen molar-refractivity contribution in [1.82, 2.24) is 10.2 Å². The van der Waals surface area contributed by atoms with Gasteiger partial charge < -0.3 is 39.7 Å². The molecule has 4 aliphatic rings. The molecule has 4 N–H and O–H groups in total. The highest BCUT2D eigenvalue weighted by atomic mass is 16.6. The number of ether oxygens (including phenoxy) is 3. The van der Waals surface area contributed by atoms with Gasteiger partial charge in [-0.05, 0) is 70.5 Å². The molecule has 2 aromatic rings. The Hall–Kier alpha value is -3.93. The number of likely N-dealkylation sites (N-methyl/N-ethyl adjacent to an activating group) is 1. The lowest BCUT2D eigenvalue weighted by molar-refractivity contribution is -0.170. The maximum Gasteiger partial charge on any atom is 0.329 e. The lowest BCUT2D eigenvalue weighted by Gasteiger charge is -2.61. The van der Waals surface area contributed by atoms with Crippen LogP contribution in [0, 0.1) is 0 Å². The van der Waals surface area contributed by atoms with E-state index >= 15 is 0 Å². The van der Waals surface area contributed by atoms with Crippen LogP contribution in [-0.4, -0.2) is 81.0 Å². The topological polar surface area (TPSA) is 155 Å². The molecule has 2 bridgehead atoms. The molecule has 0 saturated carbocycles. The van der Waals surface area contributed by atoms with E-state index in [2.05, 4.69) is 10.2 Å². The molecule has 1 unspecified atom stereocenters. The van der Waals surface area contributed by atoms with Gasteiger partial charge in [0, 0.05) is 18.0 Å². The summed E-state index contributed by atoms with van der Waals surface area (Å²) in [6, 6.07) is 9.98. The fraction of sp³-hybridized carbons (Fsp3) is 0.485. The minimum atomic E-state index is -1.58. The fourth-order valence-corrected chi connectivity index (χ4v) is 7.38. The fourth-order valence-electron chi connectivity index (χ4n) is 7.38. The van der Waals surface area contributed by atoms with E-state index in [1.165, 1.54) is 0 Å². The van der Waals surface area contributed by atoms with Crippen molar-refractivity contribution in [3.63, 3.8) is 0 Å². The quantitative estimate of drug-likeness (QED) is 0.345. The summed E-state index contributed by atoms with van der Waals surface area (Å²) in [7, 11) is 1.98. The number of esters is 2. The summed E-state index contributed by atoms with van der Waals surface area (Å²) in [5, 5.41) is 36.0. The molecule has 6 rings (SSSR count). The molecule has 1 fully saturated rings. The first-order valence-electron chi connectivity index (χ1n) is 14.9. The molecule has 11 heteroatoms. The predicted octanol–water partition coefficient (Wildman–Crippen LogP) is 2.16. The molecule has 2 heterocycles. The highest BCUT2D eigenvalue weighted by Gasteiger charge is 2.72. The number of piperidine rings is 1. The molecule has 234 valence electrons. The Morgan fingerprint density at radius 1 is 1.16 bits per heavy atom. The normalized spacial score (nSPS) is 28.1. The second-order valence-corrected chi connectivity index (χ2v) is 13.2. The number of hydrogen-bond donors (Lipinski definition) is 4. The third-order valence-electron chi connectivity index (χ3n) is 9.33. The van der Waals surface area contributed by atoms with E-state index in [1.807, 2.05) is 13.1 Å². The van der Waals surface area contributed by atoms with Crippen LogP contribution >= 0.6 is 0 Å². The van der Waals surface area contributed by atoms with Crippen molar-refractivity contribution >= 4 is 17.8 Å². The molecule has 6 atom stereocenters. The number of aliphatic hydroxyl groups is 2. The highest BCUT2D eigenvalue weighted by Crippen LogP contribution is 2.65. The number of nitrogens with zero attached hydrogens (tertiary/aromatic N) is 1. The van der Waals surface area contributed by atoms with Gasteiger partial charge in [-0.1, -0.05) is 36.4 Å². The second kappa shape index (κ2) is 10.6. The molecule has 2 aliphatic carbocycles. The summed E-state index contributed by atoms with van der Waals surface area (Å²) in [5.74, 6) is -2.18. The second-order valence-electron chi connectivity index (χ2n) is 13.2. The third-order valence-corrected chi connectivity index (χ3v) is 9.33. The summed E-state index contributed by atoms with van der Waals surface area (Å²) in [5.41, 5.74) is -1.04. The number of carbonyl (C=O) groups is 3. The zero-order valence-corrected chi connectivity index (χ0v) is 25.2. The number of carbonyl (C=O) groups excluding carboxylic acids is 3. The zero-order chi connectivity index (χ0) is 31.6. The molecule has 0 radical (unpaired) electrons. The maximum absolute atomic E-state index is 13.4. The van der Waals surface area contributed by atoms with E-state index in [9.17, 15) is 29.7 Å². The molecule has 1 spiro atoms. The van der Waals surface area contributed by atoms with Crippen LogP contribution < -0.4 is 10.1 Å². The minimum absolute atomic E-state index is 0.0531. The number of aliphatic hydroxyl groups excluding tert-OH is 1. The van der Waals surface area contributed by atoms with Crippen LogP contribution in [0.1, 0.15) is 62.8 Å². The van der Waals surface area contributed by atoms with E-state index in [-0.39, 0.29) is 29.7 Å². The Morgan fingerprint density at radius 2 is 1.89 bits per heavy atom. The number of phenolic OH excluding ortho intramolecular Hbond substituents is 1. The van der Waals surface area contributed by atoms with Crippen LogP contribution in [0.4, 0.5) is 0 Å². The average Bonchev–Trinajstić information content (AvgIpc) is 3.33. The largest absolute Gasteiger partial charge is 0.504 e. The maximum atomic E-state index is 13.4. The molecule has 11 nitrogen and oxygen atoms in total. The van der Waals surface area contributed by atoms with Crippen LogP contribution in [-0.2, 0) is 35.7 Å². The van der Waals surface area contributed by atoms with Gasteiger partial charge in [0.1, 0.15) is 17.4 Å². The Balaban J connectivity index is 1.26. The zero-order valence-electron chi connectivity index (χ0n) is 25.2. The van der Waals surface area contributed by atoms with Gasteiger partial charge in [-0.15, -0.1) is 0 Å². The van der Waals surface area contributed by atoms with Crippen LogP contribution in [0.2, 0.25) is 0 Å². The van der Waals surface area contributed by atoms with Gasteiger partial charge in [-0.3, -0.25) is 9.59 Å². The number of aromatic hydroxyl groups is 1. The standard InChI is InChI=1S/C33H38N2O9/c1-31(2,3)44-30(40)20(34-29(39)26(38)18-8-6-5-7-9-18)17-24(37)42-22-12-13-33(41)23-16-19-10-11-21(36)27-25(19)32(33,28(22)43-27)14-15-35(23)4/h5-12,20,23,26,28,36,38,41H,13-17H2,1-4H3,(H,34,39)/t20-,23?,26-,28-,32-,33+/m0/s1. The van der Waals surface area contributed by atoms with E-state index in [0.29, 0.717) is 24.9 Å². The van der Waals surface area contributed by atoms with Gasteiger partial charge in [0.25, 0.3) is 5.91 Å². The molecule has 1 amide bonds. The molecule has 1 saturated heterocycles. The number of likely N-dealkylation sites (tertiary alicyclic amines) is 1. The van der Waals surface area contributed by atoms with Crippen LogP contribution in [0.15, 0.2) is 54.3 Å². The van der Waals surface area contributed by atoms with Gasteiger partial charge >= 0.3 is 11.9 Å². The minimum Gasteiger partial charge on any atom is -0.504 e. The number of phenols is 1. The summed E-state index contributed by atoms with van der Waals surface area (Å²) < 4.78 is 17.6. The first-order chi connectivity index (χ1) is 20.7. The monoisotopic (exact) mass is 606 g/mol. The Bertz CT molecular complexity index is 1530. The third kappa shape index (κ3) is 4.74. The molecular formula is C33H38N2O9. The molecule has 44 heavy (non-hydrogen) atoms. The summed E-state index contributed by atoms with van der Waals surface area (Å²) >= 11 is 0. The predicted molar refractivity (Wildman–Crippen MR) is 156 cm³/mol. The average molecular weight is 607 g/mol. The van der Waals surface area contributed by atoms with Gasteiger partial charge in [-0.25, -0.2) is 4.79 Å². The molecule has 2 aliphatic heterocycles. The van der Waals surface area contributed by atoms with Crippen molar-refractivity contribution in [2.75, 3.05) is 13.6 Å². The van der Waals surface area contributed by atoms with Gasteiger partial charge in [0.2, 0.25) is 0 Å². The lowest BCUT2D eigenvalue weighted by Crippen LogP contribution is -2.74. The summed E-state index contributed by atoms with van der Waals surface area (Å²) in [6.07, 6.45) is -0.131. The van der Waals surface area contributed by atoms with Crippen molar-refractivity contribution in [2.45, 2.75) is 87.4 Å². The van der Waals surface area contributed by atoms with Crippen LogP contribution in [0.25, 0.3) is 0 Å². The van der Waals surface area contributed by atoms with Crippen molar-refractivity contribution in [2.24, 2.45) is 0 Å². The first-order valence-corrected chi connectivity index (χ1v) is 14.9. The lowest BCUT2D eigenvalue weighted by atomic mass is 9.50. The van der Waals surface area contributed by atoms with E-state index in [1.54, 1.807) is 63.2 Å². The van der Waals surface area contributed by atoms with E-state index < -0.39 is 59.1 Å². The van der Waals surface area contributed by atoms with Gasteiger partial charge in [0.05, 0.1) is 17.4 Å². The van der Waals surface area contributed by atoms with E-state index in [0.717, 1.165) is 11.1 Å². The number of benzene rings is 2. The Kier molecular flexibility index (Phi) is 7.26. The van der Waals surface area contributed by atoms with E-state index in [4.69, 9.17) is 14.2 Å². The summed E-state index contributed by atoms with van der Waals surface area (Å²) in [6.45, 7) is 5.64. The van der Waals surface area contributed by atoms with Crippen molar-refractivity contribution < 1.29 is 43.9 Å². The summed E-state index contributed by atoms with van der Waals surface area (Å²) in [4.78, 5) is 41.7. The SMILES string of the molecule is CN1CC[C@]23c4c5ccc(O)c4O[C@H]2C(OC(=O)C[C@H](NC(=O)[C@@H](O)c2ccccc2)C(=O)OC(C)(C)C)=CC[C@@]3(O)C1C5. The molecular weight excluding hydrogens is 568 g/mol. The smallest absolute Gasteiger partial charge is 0.329 e. The van der Waals surface area contributed by atoms with Crippen molar-refractivity contribution in [3.8, 4) is 11.5 Å².